The lowest BCUT2D eigenvalue weighted by Crippen LogP contribution is -2.30. The molecule has 1 amide bonds. The van der Waals surface area contributed by atoms with Crippen molar-refractivity contribution < 1.29 is 24.1 Å². The van der Waals surface area contributed by atoms with E-state index in [1.54, 1.807) is 0 Å². The van der Waals surface area contributed by atoms with Gasteiger partial charge in [-0.05, 0) is 46.9 Å². The summed E-state index contributed by atoms with van der Waals surface area (Å²) in [5.41, 5.74) is 4.42. The van der Waals surface area contributed by atoms with Gasteiger partial charge in [-0.25, -0.2) is 9.18 Å². The maximum Gasteiger partial charge on any atom is 0.407 e. The fraction of sp³-hybridized carbons (Fsp3) is 0.240. The van der Waals surface area contributed by atoms with Gasteiger partial charge < -0.3 is 20.3 Å². The maximum atomic E-state index is 13.9. The van der Waals surface area contributed by atoms with E-state index < -0.39 is 24.1 Å². The number of benzene rings is 3. The highest BCUT2D eigenvalue weighted by molar-refractivity contribution is 6.30. The first kappa shape index (κ1) is 22.3. The Bertz CT molecular complexity index is 1080. The Morgan fingerprint density at radius 2 is 1.66 bits per heavy atom. The highest BCUT2D eigenvalue weighted by Crippen LogP contribution is 2.44. The average molecular weight is 456 g/mol. The third-order valence-corrected chi connectivity index (χ3v) is 5.93. The monoisotopic (exact) mass is 455 g/mol. The van der Waals surface area contributed by atoms with E-state index in [0.29, 0.717) is 0 Å². The van der Waals surface area contributed by atoms with Crippen LogP contribution in [0.4, 0.5) is 9.18 Å². The fourth-order valence-corrected chi connectivity index (χ4v) is 4.26. The second-order valence-corrected chi connectivity index (χ2v) is 8.16. The summed E-state index contributed by atoms with van der Waals surface area (Å²) < 4.78 is 19.3. The minimum atomic E-state index is -1.46. The second-order valence-electron chi connectivity index (χ2n) is 7.72. The minimum absolute atomic E-state index is 0.0112. The normalized spacial score (nSPS) is 14.4. The predicted octanol–water partition coefficient (Wildman–Crippen LogP) is 4.80. The molecule has 2 atom stereocenters. The number of amides is 1. The van der Waals surface area contributed by atoms with E-state index in [2.05, 4.69) is 17.4 Å². The number of nitrogens with one attached hydrogen (secondary N) is 1. The summed E-state index contributed by atoms with van der Waals surface area (Å²) in [6.45, 7) is 0.232. The number of hydrogen-bond acceptors (Lipinski definition) is 4. The number of carbonyl (C=O) groups excluding carboxylic acids is 1. The number of ether oxygens (including phenoxy) is 1. The molecular weight excluding hydrogens is 433 g/mol. The van der Waals surface area contributed by atoms with E-state index in [0.717, 1.165) is 28.3 Å². The molecule has 0 radical (unpaired) electrons. The summed E-state index contributed by atoms with van der Waals surface area (Å²) in [5, 5.41) is 23.2. The lowest BCUT2D eigenvalue weighted by Gasteiger charge is -2.19. The van der Waals surface area contributed by atoms with Crippen molar-refractivity contribution in [3.05, 3.63) is 94.3 Å². The number of fused-ring (bicyclic) bond motifs is 3. The van der Waals surface area contributed by atoms with Gasteiger partial charge in [-0.15, -0.1) is 0 Å². The Balaban J connectivity index is 1.29. The van der Waals surface area contributed by atoms with Crippen LogP contribution in [-0.4, -0.2) is 35.6 Å². The van der Waals surface area contributed by atoms with Crippen molar-refractivity contribution >= 4 is 17.7 Å². The first-order valence-corrected chi connectivity index (χ1v) is 10.7. The Hall–Kier alpha value is -2.93. The molecule has 0 heterocycles. The second kappa shape index (κ2) is 9.69. The van der Waals surface area contributed by atoms with E-state index >= 15 is 0 Å². The molecule has 0 aliphatic heterocycles. The molecule has 3 aromatic rings. The summed E-state index contributed by atoms with van der Waals surface area (Å²) in [4.78, 5) is 12.2. The van der Waals surface area contributed by atoms with E-state index in [1.807, 2.05) is 36.4 Å². The molecule has 3 N–H and O–H groups in total. The van der Waals surface area contributed by atoms with Crippen molar-refractivity contribution in [3.63, 3.8) is 0 Å². The topological polar surface area (TPSA) is 78.8 Å². The first-order chi connectivity index (χ1) is 15.5. The van der Waals surface area contributed by atoms with Gasteiger partial charge in [0.15, 0.2) is 0 Å². The fourth-order valence-electron chi connectivity index (χ4n) is 4.08. The molecule has 1 aliphatic carbocycles. The molecular formula is C25H23ClFNO4. The molecule has 32 heavy (non-hydrogen) atoms. The van der Waals surface area contributed by atoms with Gasteiger partial charge in [-0.3, -0.25) is 0 Å². The molecule has 5 nitrogen and oxygen atoms in total. The summed E-state index contributed by atoms with van der Waals surface area (Å²) in [6.07, 6.45) is -3.35. The number of rotatable bonds is 7. The maximum absolute atomic E-state index is 13.9. The number of carbonyl (C=O) groups is 1. The summed E-state index contributed by atoms with van der Waals surface area (Å²) in [6, 6.07) is 19.8. The molecule has 3 aromatic carbocycles. The zero-order valence-corrected chi connectivity index (χ0v) is 17.9. The molecule has 4 rings (SSSR count). The van der Waals surface area contributed by atoms with Crippen molar-refractivity contribution in [1.82, 2.24) is 5.32 Å². The van der Waals surface area contributed by atoms with Crippen LogP contribution in [0.1, 0.15) is 35.1 Å². The van der Waals surface area contributed by atoms with Crippen LogP contribution < -0.4 is 5.32 Å². The highest BCUT2D eigenvalue weighted by atomic mass is 35.5. The van der Waals surface area contributed by atoms with Crippen molar-refractivity contribution in [3.8, 4) is 11.1 Å². The average Bonchev–Trinajstić information content (AvgIpc) is 3.12. The molecule has 0 fully saturated rings. The summed E-state index contributed by atoms with van der Waals surface area (Å²) in [5.74, 6) is -0.711. The lowest BCUT2D eigenvalue weighted by molar-refractivity contribution is 0.0116. The quantitative estimate of drug-likeness (QED) is 0.478. The van der Waals surface area contributed by atoms with Crippen LogP contribution in [0, 0.1) is 5.82 Å². The summed E-state index contributed by atoms with van der Waals surface area (Å²) in [7, 11) is 0. The van der Waals surface area contributed by atoms with Crippen LogP contribution in [0.3, 0.4) is 0 Å². The molecule has 0 saturated heterocycles. The molecule has 7 heteroatoms. The molecule has 2 unspecified atom stereocenters. The zero-order chi connectivity index (χ0) is 22.7. The third kappa shape index (κ3) is 4.63. The zero-order valence-electron chi connectivity index (χ0n) is 17.2. The number of halogens is 2. The van der Waals surface area contributed by atoms with Gasteiger partial charge in [-0.1, -0.05) is 60.1 Å². The van der Waals surface area contributed by atoms with Crippen LogP contribution in [0.5, 0.6) is 0 Å². The largest absolute Gasteiger partial charge is 0.449 e. The van der Waals surface area contributed by atoms with E-state index in [1.165, 1.54) is 12.1 Å². The number of aliphatic hydroxyl groups excluding tert-OH is 2. The Morgan fingerprint density at radius 3 is 2.31 bits per heavy atom. The van der Waals surface area contributed by atoms with Gasteiger partial charge in [-0.2, -0.15) is 0 Å². The van der Waals surface area contributed by atoms with Gasteiger partial charge >= 0.3 is 6.09 Å². The van der Waals surface area contributed by atoms with Crippen LogP contribution in [0.15, 0.2) is 66.7 Å². The van der Waals surface area contributed by atoms with Crippen molar-refractivity contribution in [2.45, 2.75) is 24.5 Å². The van der Waals surface area contributed by atoms with E-state index in [-0.39, 0.29) is 36.1 Å². The lowest BCUT2D eigenvalue weighted by atomic mass is 9.98. The van der Waals surface area contributed by atoms with Crippen LogP contribution in [0.2, 0.25) is 5.02 Å². The smallest absolute Gasteiger partial charge is 0.407 e. The number of alkyl carbamates (subject to hydrolysis) is 1. The third-order valence-electron chi connectivity index (χ3n) is 5.69. The van der Waals surface area contributed by atoms with Crippen LogP contribution in [-0.2, 0) is 4.74 Å². The Labute approximate surface area is 190 Å². The minimum Gasteiger partial charge on any atom is -0.449 e. The molecule has 1 aliphatic rings. The van der Waals surface area contributed by atoms with Gasteiger partial charge in [0.2, 0.25) is 0 Å². The first-order valence-electron chi connectivity index (χ1n) is 10.4. The highest BCUT2D eigenvalue weighted by Gasteiger charge is 2.29. The van der Waals surface area contributed by atoms with Gasteiger partial charge in [0.25, 0.3) is 0 Å². The molecule has 0 spiro atoms. The van der Waals surface area contributed by atoms with Crippen molar-refractivity contribution in [1.29, 1.82) is 0 Å². The molecule has 0 bridgehead atoms. The van der Waals surface area contributed by atoms with E-state index in [9.17, 15) is 19.4 Å². The van der Waals surface area contributed by atoms with Gasteiger partial charge in [0.05, 0.1) is 6.10 Å². The summed E-state index contributed by atoms with van der Waals surface area (Å²) >= 11 is 5.83. The predicted molar refractivity (Wildman–Crippen MR) is 120 cm³/mol. The number of aliphatic hydroxyl groups is 2. The Kier molecular flexibility index (Phi) is 6.74. The molecule has 0 saturated carbocycles. The standard InChI is InChI=1S/C25H23ClFNO4/c26-15-9-10-22(27)20(13-15)24(30)23(29)11-12-28-25(31)32-14-21-18-7-3-1-5-16(18)17-6-2-4-8-19(17)21/h1-10,13,21,23-24,29-30H,11-12,14H2,(H,28,31). The molecule has 0 aromatic heterocycles. The molecule has 166 valence electrons. The van der Waals surface area contributed by atoms with Crippen LogP contribution in [0.25, 0.3) is 11.1 Å². The van der Waals surface area contributed by atoms with Gasteiger partial charge in [0, 0.05) is 23.0 Å². The van der Waals surface area contributed by atoms with Crippen molar-refractivity contribution in [2.75, 3.05) is 13.2 Å². The van der Waals surface area contributed by atoms with E-state index in [4.69, 9.17) is 16.3 Å². The SMILES string of the molecule is O=C(NCCC(O)C(O)c1cc(Cl)ccc1F)OCC1c2ccccc2-c2ccccc21. The van der Waals surface area contributed by atoms with Gasteiger partial charge in [0.1, 0.15) is 18.5 Å². The number of hydrogen-bond donors (Lipinski definition) is 3. The van der Waals surface area contributed by atoms with Crippen molar-refractivity contribution in [2.24, 2.45) is 0 Å². The van der Waals surface area contributed by atoms with Crippen LogP contribution >= 0.6 is 11.6 Å². The Morgan fingerprint density at radius 1 is 1.03 bits per heavy atom.